The Morgan fingerprint density at radius 2 is 1.09 bits per heavy atom. The third-order valence-electron chi connectivity index (χ3n) is 7.69. The van der Waals surface area contributed by atoms with Crippen LogP contribution in [0.1, 0.15) is 41.5 Å². The van der Waals surface area contributed by atoms with E-state index < -0.39 is 35.5 Å². The molecule has 2 N–H and O–H groups in total. The molecular formula is C40H42Cl2N6O8. The van der Waals surface area contributed by atoms with Gasteiger partial charge in [0.15, 0.2) is 11.6 Å². The Balaban J connectivity index is 1.47. The fourth-order valence-electron chi connectivity index (χ4n) is 5.11. The minimum Gasteiger partial charge on any atom is -0.494 e. The standard InChI is InChI=1S/C40H42Cl2N6O8/c1-7-53-27-13-17-33(35(21-27)55-9-3)43-39(51)37(23(5)49)47-45-26-12-15-29(30(41)20-26)25-11-16-32(31(42)19-25)46-48-38(24(6)50)40(52)44-34-18-14-28(54-8-2)22-36(34)56-10-4/h11-22,37-38H,7-10H2,1-6H3,(H,43,51)(H,44,52). The van der Waals surface area contributed by atoms with Gasteiger partial charge in [0.05, 0.1) is 53.5 Å². The quantitative estimate of drug-likeness (QED) is 0.0695. The summed E-state index contributed by atoms with van der Waals surface area (Å²) in [6.07, 6.45) is 0. The molecule has 0 aromatic heterocycles. The van der Waals surface area contributed by atoms with Crippen LogP contribution in [0.3, 0.4) is 0 Å². The van der Waals surface area contributed by atoms with Crippen LogP contribution in [-0.2, 0) is 19.2 Å². The van der Waals surface area contributed by atoms with Crippen molar-refractivity contribution >= 4 is 69.3 Å². The van der Waals surface area contributed by atoms with Gasteiger partial charge in [-0.1, -0.05) is 35.3 Å². The molecule has 56 heavy (non-hydrogen) atoms. The van der Waals surface area contributed by atoms with Gasteiger partial charge < -0.3 is 29.6 Å². The highest BCUT2D eigenvalue weighted by Crippen LogP contribution is 2.37. The van der Waals surface area contributed by atoms with Crippen LogP contribution in [0.15, 0.2) is 93.3 Å². The molecule has 0 spiro atoms. The number of nitrogens with zero attached hydrogens (tertiary/aromatic N) is 4. The SMILES string of the molecule is CCOc1ccc(NC(=O)C(N=Nc2ccc(-c3ccc(N=NC(C(C)=O)C(=O)Nc4ccc(OCC)cc4OCC)c(Cl)c3)c(Cl)c2)C(C)=O)c(OCC)c1. The molecule has 0 bridgehead atoms. The normalized spacial score (nSPS) is 12.2. The fourth-order valence-corrected chi connectivity index (χ4v) is 5.62. The number of halogens is 2. The number of ketones is 2. The zero-order valence-corrected chi connectivity index (χ0v) is 33.2. The van der Waals surface area contributed by atoms with Gasteiger partial charge in [0.25, 0.3) is 11.8 Å². The molecule has 16 heteroatoms. The number of amides is 2. The van der Waals surface area contributed by atoms with Crippen LogP contribution in [-0.4, -0.2) is 61.9 Å². The van der Waals surface area contributed by atoms with Crippen molar-refractivity contribution in [2.75, 3.05) is 37.1 Å². The summed E-state index contributed by atoms with van der Waals surface area (Å²) in [5, 5.41) is 22.1. The van der Waals surface area contributed by atoms with Crippen LogP contribution in [0, 0.1) is 0 Å². The van der Waals surface area contributed by atoms with E-state index >= 15 is 0 Å². The first-order chi connectivity index (χ1) is 26.9. The highest BCUT2D eigenvalue weighted by molar-refractivity contribution is 6.34. The molecular weight excluding hydrogens is 763 g/mol. The van der Waals surface area contributed by atoms with E-state index in [0.29, 0.717) is 71.9 Å². The smallest absolute Gasteiger partial charge is 0.258 e. The third-order valence-corrected chi connectivity index (χ3v) is 8.31. The number of benzene rings is 4. The molecule has 4 rings (SSSR count). The average molecular weight is 806 g/mol. The van der Waals surface area contributed by atoms with Crippen LogP contribution in [0.4, 0.5) is 22.7 Å². The van der Waals surface area contributed by atoms with Gasteiger partial charge in [0, 0.05) is 17.7 Å². The Morgan fingerprint density at radius 3 is 1.54 bits per heavy atom. The van der Waals surface area contributed by atoms with Crippen molar-refractivity contribution in [1.29, 1.82) is 0 Å². The summed E-state index contributed by atoms with van der Waals surface area (Å²) in [4.78, 5) is 51.2. The second kappa shape index (κ2) is 20.7. The van der Waals surface area contributed by atoms with Gasteiger partial charge in [-0.3, -0.25) is 19.2 Å². The summed E-state index contributed by atoms with van der Waals surface area (Å²) < 4.78 is 22.3. The van der Waals surface area contributed by atoms with Gasteiger partial charge in [-0.2, -0.15) is 20.5 Å². The molecule has 0 aliphatic carbocycles. The van der Waals surface area contributed by atoms with Crippen molar-refractivity contribution in [2.24, 2.45) is 20.5 Å². The van der Waals surface area contributed by atoms with Crippen LogP contribution in [0.2, 0.25) is 10.0 Å². The Labute approximate surface area is 334 Å². The first-order valence-electron chi connectivity index (χ1n) is 17.7. The molecule has 0 saturated carbocycles. The lowest BCUT2D eigenvalue weighted by molar-refractivity contribution is -0.127. The second-order valence-electron chi connectivity index (χ2n) is 11.8. The summed E-state index contributed by atoms with van der Waals surface area (Å²) in [7, 11) is 0. The predicted molar refractivity (Wildman–Crippen MR) is 215 cm³/mol. The molecule has 0 aliphatic rings. The lowest BCUT2D eigenvalue weighted by Crippen LogP contribution is -2.32. The van der Waals surface area contributed by atoms with Gasteiger partial charge >= 0.3 is 0 Å². The molecule has 294 valence electrons. The number of azo groups is 2. The van der Waals surface area contributed by atoms with E-state index in [9.17, 15) is 19.2 Å². The largest absolute Gasteiger partial charge is 0.494 e. The van der Waals surface area contributed by atoms with Crippen molar-refractivity contribution in [3.63, 3.8) is 0 Å². The zero-order valence-electron chi connectivity index (χ0n) is 31.7. The highest BCUT2D eigenvalue weighted by Gasteiger charge is 2.26. The van der Waals surface area contributed by atoms with Crippen LogP contribution in [0.25, 0.3) is 11.1 Å². The Kier molecular flexibility index (Phi) is 15.9. The van der Waals surface area contributed by atoms with Crippen molar-refractivity contribution < 1.29 is 38.1 Å². The van der Waals surface area contributed by atoms with Crippen molar-refractivity contribution in [2.45, 2.75) is 53.6 Å². The van der Waals surface area contributed by atoms with E-state index in [0.717, 1.165) is 0 Å². The van der Waals surface area contributed by atoms with Gasteiger partial charge in [0.2, 0.25) is 12.1 Å². The topological polar surface area (TPSA) is 179 Å². The number of Topliss-reactive ketones (excluding diaryl/α,β-unsaturated/α-hetero) is 2. The molecule has 0 heterocycles. The van der Waals surface area contributed by atoms with Crippen LogP contribution in [0.5, 0.6) is 23.0 Å². The molecule has 2 unspecified atom stereocenters. The van der Waals surface area contributed by atoms with E-state index in [-0.39, 0.29) is 21.4 Å². The molecule has 2 amide bonds. The average Bonchev–Trinajstić information content (AvgIpc) is 3.15. The van der Waals surface area contributed by atoms with Crippen molar-refractivity contribution in [3.8, 4) is 34.1 Å². The maximum Gasteiger partial charge on any atom is 0.258 e. The Bertz CT molecular complexity index is 2130. The highest BCUT2D eigenvalue weighted by atomic mass is 35.5. The van der Waals surface area contributed by atoms with E-state index in [1.807, 2.05) is 13.8 Å². The summed E-state index contributed by atoms with van der Waals surface area (Å²) >= 11 is 13.2. The molecule has 4 aromatic carbocycles. The van der Waals surface area contributed by atoms with Crippen LogP contribution < -0.4 is 29.6 Å². The number of anilines is 2. The van der Waals surface area contributed by atoms with Gasteiger partial charge in [-0.05, 0) is 95.6 Å². The number of hydrogen-bond acceptors (Lipinski definition) is 12. The molecule has 14 nitrogen and oxygen atoms in total. The lowest BCUT2D eigenvalue weighted by atomic mass is 10.0. The summed E-state index contributed by atoms with van der Waals surface area (Å²) in [5.41, 5.74) is 2.38. The van der Waals surface area contributed by atoms with E-state index in [1.54, 1.807) is 80.6 Å². The van der Waals surface area contributed by atoms with Crippen molar-refractivity contribution in [1.82, 2.24) is 0 Å². The zero-order chi connectivity index (χ0) is 40.8. The molecule has 0 radical (unpaired) electrons. The number of hydrogen-bond donors (Lipinski definition) is 2. The van der Waals surface area contributed by atoms with E-state index in [1.165, 1.54) is 19.9 Å². The molecule has 0 saturated heterocycles. The Hall–Kier alpha value is -5.86. The minimum atomic E-state index is -1.46. The third kappa shape index (κ3) is 11.6. The number of nitrogens with one attached hydrogen (secondary N) is 2. The maximum atomic E-state index is 13.1. The first kappa shape index (κ1) is 42.9. The van der Waals surface area contributed by atoms with Crippen LogP contribution >= 0.6 is 23.2 Å². The fraction of sp³-hybridized carbons (Fsp3) is 0.300. The number of ether oxygens (including phenoxy) is 4. The number of carbonyl (C=O) groups excluding carboxylic acids is 4. The molecule has 0 aliphatic heterocycles. The van der Waals surface area contributed by atoms with Crippen molar-refractivity contribution in [3.05, 3.63) is 82.8 Å². The van der Waals surface area contributed by atoms with Gasteiger partial charge in [0.1, 0.15) is 28.7 Å². The Morgan fingerprint density at radius 1 is 0.589 bits per heavy atom. The van der Waals surface area contributed by atoms with E-state index in [4.69, 9.17) is 42.1 Å². The second-order valence-corrected chi connectivity index (χ2v) is 12.6. The summed E-state index contributed by atoms with van der Waals surface area (Å²) in [5.74, 6) is -0.574. The molecule has 0 fully saturated rings. The predicted octanol–water partition coefficient (Wildman–Crippen LogP) is 9.62. The molecule has 2 atom stereocenters. The number of rotatable bonds is 19. The van der Waals surface area contributed by atoms with Gasteiger partial charge in [-0.25, -0.2) is 0 Å². The lowest BCUT2D eigenvalue weighted by Gasteiger charge is -2.15. The number of carbonyl (C=O) groups is 4. The summed E-state index contributed by atoms with van der Waals surface area (Å²) in [6, 6.07) is 16.6. The monoisotopic (exact) mass is 804 g/mol. The maximum absolute atomic E-state index is 13.1. The van der Waals surface area contributed by atoms with Gasteiger partial charge in [-0.15, -0.1) is 0 Å². The summed E-state index contributed by atoms with van der Waals surface area (Å²) in [6.45, 7) is 11.4. The molecule has 4 aromatic rings. The first-order valence-corrected chi connectivity index (χ1v) is 18.5. The minimum absolute atomic E-state index is 0.175. The van der Waals surface area contributed by atoms with E-state index in [2.05, 4.69) is 31.1 Å².